The Bertz CT molecular complexity index is 280. The highest BCUT2D eigenvalue weighted by atomic mass is 35.5. The van der Waals surface area contributed by atoms with Crippen molar-refractivity contribution in [3.63, 3.8) is 0 Å². The van der Waals surface area contributed by atoms with Crippen molar-refractivity contribution in [1.82, 2.24) is 5.32 Å². The van der Waals surface area contributed by atoms with Crippen LogP contribution in [0, 0.1) is 0 Å². The van der Waals surface area contributed by atoms with E-state index < -0.39 is 0 Å². The standard InChI is InChI=1S/C10H17ClN2OS/c11-8-5-10(15-7-8)9(6-12)13-3-1-2-4-14/h5,7,9,13-14H,1-4,6,12H2. The van der Waals surface area contributed by atoms with E-state index in [1.807, 2.05) is 11.4 Å². The number of aliphatic hydroxyl groups is 1. The summed E-state index contributed by atoms with van der Waals surface area (Å²) in [6.45, 7) is 1.69. The van der Waals surface area contributed by atoms with Crippen molar-refractivity contribution >= 4 is 22.9 Å². The Labute approximate surface area is 99.2 Å². The molecule has 86 valence electrons. The number of hydrogen-bond acceptors (Lipinski definition) is 4. The van der Waals surface area contributed by atoms with Crippen molar-refractivity contribution < 1.29 is 5.11 Å². The highest BCUT2D eigenvalue weighted by Gasteiger charge is 2.10. The minimum atomic E-state index is 0.182. The van der Waals surface area contributed by atoms with Crippen molar-refractivity contribution in [3.8, 4) is 0 Å². The second-order valence-corrected chi connectivity index (χ2v) is 4.72. The van der Waals surface area contributed by atoms with Gasteiger partial charge in [0.2, 0.25) is 0 Å². The number of nitrogens with one attached hydrogen (secondary N) is 1. The molecule has 1 aromatic heterocycles. The molecule has 0 saturated carbocycles. The summed E-state index contributed by atoms with van der Waals surface area (Å²) in [6.07, 6.45) is 1.79. The van der Waals surface area contributed by atoms with Crippen molar-refractivity contribution in [3.05, 3.63) is 21.3 Å². The van der Waals surface area contributed by atoms with Gasteiger partial charge in [0.15, 0.2) is 0 Å². The SMILES string of the molecule is NCC(NCCCCO)c1cc(Cl)cs1. The lowest BCUT2D eigenvalue weighted by Crippen LogP contribution is -2.28. The van der Waals surface area contributed by atoms with E-state index in [9.17, 15) is 0 Å². The highest BCUT2D eigenvalue weighted by molar-refractivity contribution is 7.10. The van der Waals surface area contributed by atoms with Crippen molar-refractivity contribution in [2.45, 2.75) is 18.9 Å². The molecule has 1 aromatic rings. The Balaban J connectivity index is 2.35. The Morgan fingerprint density at radius 1 is 1.53 bits per heavy atom. The fourth-order valence-corrected chi connectivity index (χ4v) is 2.50. The summed E-state index contributed by atoms with van der Waals surface area (Å²) in [6, 6.07) is 2.13. The summed E-state index contributed by atoms with van der Waals surface area (Å²) in [4.78, 5) is 1.17. The molecule has 0 amide bonds. The molecule has 1 unspecified atom stereocenters. The molecule has 0 fully saturated rings. The molecular weight excluding hydrogens is 232 g/mol. The fraction of sp³-hybridized carbons (Fsp3) is 0.600. The minimum absolute atomic E-state index is 0.182. The molecule has 0 aliphatic heterocycles. The van der Waals surface area contributed by atoms with Crippen LogP contribution < -0.4 is 11.1 Å². The van der Waals surface area contributed by atoms with Gasteiger partial charge in [0.05, 0.1) is 11.1 Å². The van der Waals surface area contributed by atoms with Gasteiger partial charge in [-0.2, -0.15) is 0 Å². The number of unbranched alkanes of at least 4 members (excludes halogenated alkanes) is 1. The zero-order chi connectivity index (χ0) is 11.1. The van der Waals surface area contributed by atoms with Gasteiger partial charge in [-0.1, -0.05) is 11.6 Å². The number of aliphatic hydroxyl groups excluding tert-OH is 1. The first-order valence-corrected chi connectivity index (χ1v) is 6.32. The monoisotopic (exact) mass is 248 g/mol. The van der Waals surface area contributed by atoms with Crippen LogP contribution in [0.15, 0.2) is 11.4 Å². The first kappa shape index (κ1) is 12.9. The molecule has 0 spiro atoms. The summed E-state index contributed by atoms with van der Waals surface area (Å²) in [5.74, 6) is 0. The van der Waals surface area contributed by atoms with Crippen molar-refractivity contribution in [2.75, 3.05) is 19.7 Å². The van der Waals surface area contributed by atoms with Crippen LogP contribution in [-0.2, 0) is 0 Å². The van der Waals surface area contributed by atoms with Gasteiger partial charge in [-0.25, -0.2) is 0 Å². The maximum atomic E-state index is 8.64. The lowest BCUT2D eigenvalue weighted by molar-refractivity contribution is 0.282. The largest absolute Gasteiger partial charge is 0.396 e. The number of thiophene rings is 1. The molecule has 0 radical (unpaired) electrons. The highest BCUT2D eigenvalue weighted by Crippen LogP contribution is 2.24. The summed E-state index contributed by atoms with van der Waals surface area (Å²) in [5.41, 5.74) is 5.68. The Hall–Kier alpha value is -0.130. The molecule has 0 bridgehead atoms. The molecular formula is C10H17ClN2OS. The number of nitrogens with two attached hydrogens (primary N) is 1. The molecule has 15 heavy (non-hydrogen) atoms. The predicted octanol–water partition coefficient (Wildman–Crippen LogP) is 1.76. The van der Waals surface area contributed by atoms with Gasteiger partial charge in [0, 0.05) is 23.4 Å². The van der Waals surface area contributed by atoms with E-state index >= 15 is 0 Å². The van der Waals surface area contributed by atoms with E-state index in [1.165, 1.54) is 4.88 Å². The average Bonchev–Trinajstić information content (AvgIpc) is 2.65. The van der Waals surface area contributed by atoms with Crippen LogP contribution in [0.4, 0.5) is 0 Å². The minimum Gasteiger partial charge on any atom is -0.396 e. The molecule has 0 aromatic carbocycles. The predicted molar refractivity (Wildman–Crippen MR) is 65.4 cm³/mol. The molecule has 0 aliphatic carbocycles. The van der Waals surface area contributed by atoms with E-state index in [0.717, 1.165) is 24.4 Å². The molecule has 1 rings (SSSR count). The van der Waals surface area contributed by atoms with E-state index in [4.69, 9.17) is 22.4 Å². The molecule has 1 atom stereocenters. The molecule has 0 saturated heterocycles. The quantitative estimate of drug-likeness (QED) is 0.645. The third-order valence-electron chi connectivity index (χ3n) is 2.14. The third-order valence-corrected chi connectivity index (χ3v) is 3.54. The number of halogens is 1. The Kier molecular flexibility index (Phi) is 6.20. The average molecular weight is 249 g/mol. The summed E-state index contributed by atoms with van der Waals surface area (Å²) < 4.78 is 0. The van der Waals surface area contributed by atoms with Crippen LogP contribution in [0.1, 0.15) is 23.8 Å². The van der Waals surface area contributed by atoms with Crippen molar-refractivity contribution in [2.24, 2.45) is 5.73 Å². The van der Waals surface area contributed by atoms with Gasteiger partial charge in [-0.05, 0) is 25.5 Å². The van der Waals surface area contributed by atoms with E-state index in [-0.39, 0.29) is 12.6 Å². The fourth-order valence-electron chi connectivity index (χ4n) is 1.32. The van der Waals surface area contributed by atoms with Gasteiger partial charge in [-0.15, -0.1) is 11.3 Å². The van der Waals surface area contributed by atoms with Crippen LogP contribution in [-0.4, -0.2) is 24.8 Å². The Morgan fingerprint density at radius 3 is 2.87 bits per heavy atom. The zero-order valence-electron chi connectivity index (χ0n) is 8.58. The second kappa shape index (κ2) is 7.19. The van der Waals surface area contributed by atoms with Gasteiger partial charge in [0.1, 0.15) is 0 Å². The van der Waals surface area contributed by atoms with Gasteiger partial charge in [-0.3, -0.25) is 0 Å². The van der Waals surface area contributed by atoms with Crippen LogP contribution in [0.3, 0.4) is 0 Å². The lowest BCUT2D eigenvalue weighted by atomic mass is 10.2. The van der Waals surface area contributed by atoms with Crippen LogP contribution in [0.5, 0.6) is 0 Å². The van der Waals surface area contributed by atoms with Crippen LogP contribution in [0.2, 0.25) is 5.02 Å². The molecule has 0 aliphatic rings. The second-order valence-electron chi connectivity index (χ2n) is 3.34. The summed E-state index contributed by atoms with van der Waals surface area (Å²) >= 11 is 7.48. The zero-order valence-corrected chi connectivity index (χ0v) is 10.2. The van der Waals surface area contributed by atoms with Gasteiger partial charge >= 0.3 is 0 Å². The summed E-state index contributed by atoms with van der Waals surface area (Å²) in [7, 11) is 0. The first-order valence-electron chi connectivity index (χ1n) is 5.06. The lowest BCUT2D eigenvalue weighted by Gasteiger charge is -2.14. The normalized spacial score (nSPS) is 13.0. The van der Waals surface area contributed by atoms with Gasteiger partial charge < -0.3 is 16.2 Å². The van der Waals surface area contributed by atoms with Crippen LogP contribution >= 0.6 is 22.9 Å². The molecule has 4 N–H and O–H groups in total. The van der Waals surface area contributed by atoms with Crippen molar-refractivity contribution in [1.29, 1.82) is 0 Å². The van der Waals surface area contributed by atoms with E-state index in [0.29, 0.717) is 6.54 Å². The number of rotatable bonds is 7. The van der Waals surface area contributed by atoms with E-state index in [1.54, 1.807) is 11.3 Å². The van der Waals surface area contributed by atoms with E-state index in [2.05, 4.69) is 5.32 Å². The third kappa shape index (κ3) is 4.49. The molecule has 1 heterocycles. The summed E-state index contributed by atoms with van der Waals surface area (Å²) in [5, 5.41) is 14.7. The van der Waals surface area contributed by atoms with Gasteiger partial charge in [0.25, 0.3) is 0 Å². The maximum absolute atomic E-state index is 8.64. The topological polar surface area (TPSA) is 58.3 Å². The molecule has 3 nitrogen and oxygen atoms in total. The number of hydrogen-bond donors (Lipinski definition) is 3. The van der Waals surface area contributed by atoms with Crippen LogP contribution in [0.25, 0.3) is 0 Å². The first-order chi connectivity index (χ1) is 7.27. The maximum Gasteiger partial charge on any atom is 0.0539 e. The molecule has 5 heteroatoms. The Morgan fingerprint density at radius 2 is 2.33 bits per heavy atom. The smallest absolute Gasteiger partial charge is 0.0539 e.